The zero-order valence-electron chi connectivity index (χ0n) is 8.82. The molecular weight excluding hydrogens is 196 g/mol. The molecule has 1 aliphatic rings. The highest BCUT2D eigenvalue weighted by Crippen LogP contribution is 2.17. The fourth-order valence-corrected chi connectivity index (χ4v) is 1.59. The van der Waals surface area contributed by atoms with Crippen LogP contribution in [-0.2, 0) is 4.79 Å². The van der Waals surface area contributed by atoms with E-state index in [0.717, 1.165) is 12.0 Å². The Morgan fingerprint density at radius 1 is 1.60 bits per heavy atom. The van der Waals surface area contributed by atoms with Crippen LogP contribution in [0.2, 0.25) is 0 Å². The fraction of sp³-hybridized carbons (Fsp3) is 0.600. The summed E-state index contributed by atoms with van der Waals surface area (Å²) in [5.41, 5.74) is 0.842. The maximum absolute atomic E-state index is 11.6. The average molecular weight is 212 g/mol. The Balaban J connectivity index is 2.51. The number of rotatable bonds is 3. The minimum Gasteiger partial charge on any atom is -0.480 e. The molecule has 0 aromatic carbocycles. The highest BCUT2D eigenvalue weighted by atomic mass is 16.4. The second-order valence-electron chi connectivity index (χ2n) is 3.81. The van der Waals surface area contributed by atoms with E-state index in [1.54, 1.807) is 6.92 Å². The molecule has 1 aliphatic heterocycles. The van der Waals surface area contributed by atoms with Crippen LogP contribution in [0.25, 0.3) is 0 Å². The van der Waals surface area contributed by atoms with Crippen molar-refractivity contribution in [1.82, 2.24) is 10.2 Å². The lowest BCUT2D eigenvalue weighted by Crippen LogP contribution is -2.46. The monoisotopic (exact) mass is 212 g/mol. The Morgan fingerprint density at radius 3 is 2.80 bits per heavy atom. The second-order valence-corrected chi connectivity index (χ2v) is 3.81. The molecule has 1 fully saturated rings. The highest BCUT2D eigenvalue weighted by Gasteiger charge is 2.33. The van der Waals surface area contributed by atoms with Crippen molar-refractivity contribution in [3.63, 3.8) is 0 Å². The Morgan fingerprint density at radius 2 is 2.27 bits per heavy atom. The molecule has 0 aromatic rings. The molecule has 5 heteroatoms. The van der Waals surface area contributed by atoms with E-state index in [2.05, 4.69) is 11.9 Å². The summed E-state index contributed by atoms with van der Waals surface area (Å²) in [6.45, 7) is 6.37. The van der Waals surface area contributed by atoms with Crippen LogP contribution in [0, 0.1) is 0 Å². The predicted molar refractivity (Wildman–Crippen MR) is 55.6 cm³/mol. The van der Waals surface area contributed by atoms with Crippen LogP contribution in [0.1, 0.15) is 19.8 Å². The summed E-state index contributed by atoms with van der Waals surface area (Å²) in [7, 11) is 0. The van der Waals surface area contributed by atoms with Gasteiger partial charge < -0.3 is 15.3 Å². The number of urea groups is 1. The zero-order chi connectivity index (χ0) is 11.4. The Labute approximate surface area is 88.8 Å². The van der Waals surface area contributed by atoms with Gasteiger partial charge in [0.1, 0.15) is 6.04 Å². The minimum atomic E-state index is -0.932. The first-order chi connectivity index (χ1) is 7.02. The molecule has 2 N–H and O–H groups in total. The van der Waals surface area contributed by atoms with Crippen LogP contribution >= 0.6 is 0 Å². The van der Waals surface area contributed by atoms with Gasteiger partial charge in [-0.25, -0.2) is 9.59 Å². The van der Waals surface area contributed by atoms with E-state index >= 15 is 0 Å². The molecule has 0 bridgehead atoms. The predicted octanol–water partition coefficient (Wildman–Crippen LogP) is 0.821. The minimum absolute atomic E-state index is 0.317. The van der Waals surface area contributed by atoms with Gasteiger partial charge in [-0.2, -0.15) is 0 Å². The van der Waals surface area contributed by atoms with Crippen molar-refractivity contribution in [2.24, 2.45) is 0 Å². The molecule has 0 saturated carbocycles. The van der Waals surface area contributed by atoms with Crippen LogP contribution in [0.3, 0.4) is 0 Å². The summed E-state index contributed by atoms with van der Waals surface area (Å²) in [6, 6.07) is -0.988. The molecule has 1 atom stereocenters. The van der Waals surface area contributed by atoms with Crippen LogP contribution in [-0.4, -0.2) is 41.1 Å². The molecule has 0 unspecified atom stereocenters. The number of nitrogens with zero attached hydrogens (tertiary/aromatic N) is 1. The quantitative estimate of drug-likeness (QED) is 0.680. The lowest BCUT2D eigenvalue weighted by Gasteiger charge is -2.21. The lowest BCUT2D eigenvalue weighted by molar-refractivity contribution is -0.141. The van der Waals surface area contributed by atoms with Gasteiger partial charge in [-0.3, -0.25) is 0 Å². The Hall–Kier alpha value is -1.52. The van der Waals surface area contributed by atoms with Gasteiger partial charge in [-0.15, -0.1) is 0 Å². The zero-order valence-corrected chi connectivity index (χ0v) is 8.82. The molecular formula is C10H16N2O3. The first kappa shape index (κ1) is 11.6. The third-order valence-electron chi connectivity index (χ3n) is 2.34. The van der Waals surface area contributed by atoms with Gasteiger partial charge in [0.25, 0.3) is 0 Å². The summed E-state index contributed by atoms with van der Waals surface area (Å²) in [6.07, 6.45) is 1.29. The van der Waals surface area contributed by atoms with E-state index in [0.29, 0.717) is 19.5 Å². The number of aliphatic carboxylic acids is 1. The molecule has 1 saturated heterocycles. The maximum Gasteiger partial charge on any atom is 0.326 e. The largest absolute Gasteiger partial charge is 0.480 e. The van der Waals surface area contributed by atoms with E-state index in [-0.39, 0.29) is 6.03 Å². The topological polar surface area (TPSA) is 69.6 Å². The maximum atomic E-state index is 11.6. The van der Waals surface area contributed by atoms with Crippen molar-refractivity contribution < 1.29 is 14.7 Å². The molecule has 0 spiro atoms. The molecule has 0 radical (unpaired) electrons. The van der Waals surface area contributed by atoms with Gasteiger partial charge in [-0.05, 0) is 19.8 Å². The highest BCUT2D eigenvalue weighted by molar-refractivity contribution is 5.83. The van der Waals surface area contributed by atoms with Crippen LogP contribution in [0.5, 0.6) is 0 Å². The standard InChI is InChI=1S/C10H16N2O3/c1-7(2)6-11-10(15)12-5-3-4-8(12)9(13)14/h8H,1,3-6H2,2H3,(H,11,15)(H,13,14)/t8-/m0/s1. The van der Waals surface area contributed by atoms with Gasteiger partial charge in [0, 0.05) is 13.1 Å². The fourth-order valence-electron chi connectivity index (χ4n) is 1.59. The van der Waals surface area contributed by atoms with Crippen LogP contribution in [0.4, 0.5) is 4.79 Å². The van der Waals surface area contributed by atoms with E-state index < -0.39 is 12.0 Å². The molecule has 5 nitrogen and oxygen atoms in total. The summed E-state index contributed by atoms with van der Waals surface area (Å²) < 4.78 is 0. The first-order valence-electron chi connectivity index (χ1n) is 4.94. The van der Waals surface area contributed by atoms with E-state index in [1.165, 1.54) is 4.90 Å². The van der Waals surface area contributed by atoms with E-state index in [9.17, 15) is 9.59 Å². The van der Waals surface area contributed by atoms with Crippen molar-refractivity contribution in [3.05, 3.63) is 12.2 Å². The number of hydrogen-bond donors (Lipinski definition) is 2. The molecule has 15 heavy (non-hydrogen) atoms. The Bertz CT molecular complexity index is 288. The van der Waals surface area contributed by atoms with Crippen molar-refractivity contribution in [2.45, 2.75) is 25.8 Å². The molecule has 0 aromatic heterocycles. The third-order valence-corrected chi connectivity index (χ3v) is 2.34. The van der Waals surface area contributed by atoms with Crippen molar-refractivity contribution in [2.75, 3.05) is 13.1 Å². The molecule has 1 rings (SSSR count). The number of likely N-dealkylation sites (tertiary alicyclic amines) is 1. The van der Waals surface area contributed by atoms with E-state index in [4.69, 9.17) is 5.11 Å². The Kier molecular flexibility index (Phi) is 3.71. The summed E-state index contributed by atoms with van der Waals surface area (Å²) >= 11 is 0. The smallest absolute Gasteiger partial charge is 0.326 e. The number of carbonyl (C=O) groups excluding carboxylic acids is 1. The lowest BCUT2D eigenvalue weighted by atomic mass is 10.2. The van der Waals surface area contributed by atoms with Crippen LogP contribution in [0.15, 0.2) is 12.2 Å². The molecule has 1 heterocycles. The van der Waals surface area contributed by atoms with E-state index in [1.807, 2.05) is 0 Å². The number of carboxylic acid groups (broad SMARTS) is 1. The molecule has 2 amide bonds. The van der Waals surface area contributed by atoms with Crippen molar-refractivity contribution in [3.8, 4) is 0 Å². The summed E-state index contributed by atoms with van der Waals surface area (Å²) in [5.74, 6) is -0.932. The van der Waals surface area contributed by atoms with Gasteiger partial charge in [0.15, 0.2) is 0 Å². The average Bonchev–Trinajstić information content (AvgIpc) is 2.62. The van der Waals surface area contributed by atoms with Gasteiger partial charge in [0.05, 0.1) is 0 Å². The SMILES string of the molecule is C=C(C)CNC(=O)N1CCC[C@H]1C(=O)O. The second kappa shape index (κ2) is 4.82. The number of hydrogen-bond acceptors (Lipinski definition) is 2. The molecule has 84 valence electrons. The summed E-state index contributed by atoms with van der Waals surface area (Å²) in [4.78, 5) is 23.8. The van der Waals surface area contributed by atoms with Gasteiger partial charge in [0.2, 0.25) is 0 Å². The third kappa shape index (κ3) is 2.97. The number of carbonyl (C=O) groups is 2. The number of amides is 2. The van der Waals surface area contributed by atoms with Gasteiger partial charge >= 0.3 is 12.0 Å². The van der Waals surface area contributed by atoms with Crippen LogP contribution < -0.4 is 5.32 Å². The normalized spacial score (nSPS) is 20.1. The van der Waals surface area contributed by atoms with Crippen molar-refractivity contribution >= 4 is 12.0 Å². The summed E-state index contributed by atoms with van der Waals surface area (Å²) in [5, 5.41) is 11.5. The number of carboxylic acids is 1. The number of nitrogens with one attached hydrogen (secondary N) is 1. The van der Waals surface area contributed by atoms with Crippen molar-refractivity contribution in [1.29, 1.82) is 0 Å². The first-order valence-corrected chi connectivity index (χ1v) is 4.94. The van der Waals surface area contributed by atoms with Gasteiger partial charge in [-0.1, -0.05) is 12.2 Å². The molecule has 0 aliphatic carbocycles.